The molecule has 1 aromatic heterocycles. The number of hydrogen-bond donors (Lipinski definition) is 0. The molecule has 1 amide bonds. The molecule has 10 heteroatoms. The van der Waals surface area contributed by atoms with Crippen molar-refractivity contribution < 1.29 is 26.0 Å². The minimum Gasteiger partial charge on any atom is -0.459 e. The van der Waals surface area contributed by atoms with E-state index >= 15 is 0 Å². The van der Waals surface area contributed by atoms with E-state index in [2.05, 4.69) is 0 Å². The van der Waals surface area contributed by atoms with Crippen LogP contribution in [0.2, 0.25) is 0 Å². The Balaban J connectivity index is 1.52. The zero-order chi connectivity index (χ0) is 20.6. The molecule has 2 aliphatic heterocycles. The van der Waals surface area contributed by atoms with Crippen LogP contribution < -0.4 is 0 Å². The molecule has 0 N–H and O–H groups in total. The highest BCUT2D eigenvalue weighted by Gasteiger charge is 2.48. The van der Waals surface area contributed by atoms with Gasteiger partial charge in [0.2, 0.25) is 0 Å². The lowest BCUT2D eigenvalue weighted by atomic mass is 10.2. The first-order valence-corrected chi connectivity index (χ1v) is 12.7. The lowest BCUT2D eigenvalue weighted by molar-refractivity contribution is 0.0560. The van der Waals surface area contributed by atoms with Crippen LogP contribution in [-0.4, -0.2) is 81.5 Å². The number of amides is 1. The van der Waals surface area contributed by atoms with Gasteiger partial charge in [-0.15, -0.1) is 0 Å². The van der Waals surface area contributed by atoms with E-state index in [0.29, 0.717) is 26.2 Å². The molecule has 2 atom stereocenters. The lowest BCUT2D eigenvalue weighted by Crippen LogP contribution is -2.55. The van der Waals surface area contributed by atoms with Crippen molar-refractivity contribution in [3.63, 3.8) is 0 Å². The fourth-order valence-corrected chi connectivity index (χ4v) is 8.88. The molecule has 2 unspecified atom stereocenters. The van der Waals surface area contributed by atoms with Crippen molar-refractivity contribution in [3.05, 3.63) is 54.5 Å². The number of carbonyl (C=O) groups is 1. The van der Waals surface area contributed by atoms with Crippen LogP contribution in [0.3, 0.4) is 0 Å². The van der Waals surface area contributed by atoms with Crippen LogP contribution >= 0.6 is 0 Å². The van der Waals surface area contributed by atoms with E-state index in [4.69, 9.17) is 4.42 Å². The molecule has 0 bridgehead atoms. The Morgan fingerprint density at radius 3 is 2.28 bits per heavy atom. The summed E-state index contributed by atoms with van der Waals surface area (Å²) in [5.41, 5.74) is 0. The quantitative estimate of drug-likeness (QED) is 0.691. The number of furan rings is 1. The first-order chi connectivity index (χ1) is 13.8. The normalized spacial score (nSPS) is 25.2. The van der Waals surface area contributed by atoms with E-state index in [1.54, 1.807) is 35.2 Å². The van der Waals surface area contributed by atoms with Crippen LogP contribution in [0.25, 0.3) is 0 Å². The van der Waals surface area contributed by atoms with E-state index in [1.165, 1.54) is 18.4 Å². The zero-order valence-electron chi connectivity index (χ0n) is 15.7. The van der Waals surface area contributed by atoms with Gasteiger partial charge in [0.05, 0.1) is 27.9 Å². The lowest BCUT2D eigenvalue weighted by Gasteiger charge is -2.39. The van der Waals surface area contributed by atoms with Crippen molar-refractivity contribution in [1.82, 2.24) is 9.80 Å². The predicted octanol–water partition coefficient (Wildman–Crippen LogP) is 0.677. The molecule has 29 heavy (non-hydrogen) atoms. The summed E-state index contributed by atoms with van der Waals surface area (Å²) in [6.45, 7) is 1.59. The van der Waals surface area contributed by atoms with Crippen molar-refractivity contribution in [2.75, 3.05) is 37.7 Å². The van der Waals surface area contributed by atoms with Crippen LogP contribution in [0, 0.1) is 0 Å². The maximum absolute atomic E-state index is 13.1. The Morgan fingerprint density at radius 2 is 1.66 bits per heavy atom. The average Bonchev–Trinajstić information content (AvgIpc) is 3.36. The Labute approximate surface area is 169 Å². The molecule has 2 aliphatic rings. The Bertz CT molecular complexity index is 1070. The van der Waals surface area contributed by atoms with E-state index in [1.807, 2.05) is 4.90 Å². The monoisotopic (exact) mass is 438 g/mol. The SMILES string of the molecule is O=C(c1ccco1)N1CCN(C2CS(=O)(=O)CC2S(=O)(=O)c2ccccc2)CC1. The van der Waals surface area contributed by atoms with E-state index < -0.39 is 31.0 Å². The van der Waals surface area contributed by atoms with Gasteiger partial charge in [-0.05, 0) is 24.3 Å². The minimum atomic E-state index is -3.79. The molecule has 3 heterocycles. The summed E-state index contributed by atoms with van der Waals surface area (Å²) in [5, 5.41) is -1.01. The smallest absolute Gasteiger partial charge is 0.289 e. The standard InChI is InChI=1S/C19H22N2O6S2/c22-19(17-7-4-12-27-17)21-10-8-20(9-11-21)16-13-28(23,24)14-18(16)29(25,26)15-5-2-1-3-6-15/h1-7,12,16,18H,8-11,13-14H2. The molecular formula is C19H22N2O6S2. The molecule has 4 rings (SSSR count). The van der Waals surface area contributed by atoms with Crippen molar-refractivity contribution in [3.8, 4) is 0 Å². The van der Waals surface area contributed by atoms with E-state index in [9.17, 15) is 21.6 Å². The third kappa shape index (κ3) is 3.96. The Hall–Kier alpha value is -2.17. The topological polar surface area (TPSA) is 105 Å². The maximum atomic E-state index is 13.1. The summed E-state index contributed by atoms with van der Waals surface area (Å²) in [5.74, 6) is -0.524. The van der Waals surface area contributed by atoms with Gasteiger partial charge in [-0.25, -0.2) is 16.8 Å². The molecule has 2 saturated heterocycles. The second kappa shape index (κ2) is 7.58. The fraction of sp³-hybridized carbons (Fsp3) is 0.421. The second-order valence-electron chi connectivity index (χ2n) is 7.35. The van der Waals surface area contributed by atoms with Gasteiger partial charge in [0, 0.05) is 32.2 Å². The largest absolute Gasteiger partial charge is 0.459 e. The third-order valence-corrected chi connectivity index (χ3v) is 9.68. The molecule has 2 fully saturated rings. The minimum absolute atomic E-state index is 0.138. The second-order valence-corrected chi connectivity index (χ2v) is 11.7. The molecule has 0 aliphatic carbocycles. The number of benzene rings is 1. The van der Waals surface area contributed by atoms with Crippen LogP contribution in [0.4, 0.5) is 0 Å². The summed E-state index contributed by atoms with van der Waals surface area (Å²) in [7, 11) is -7.26. The van der Waals surface area contributed by atoms with Gasteiger partial charge in [-0.1, -0.05) is 18.2 Å². The van der Waals surface area contributed by atoms with E-state index in [0.717, 1.165) is 0 Å². The fourth-order valence-electron chi connectivity index (χ4n) is 4.03. The van der Waals surface area contributed by atoms with Crippen LogP contribution in [0.5, 0.6) is 0 Å². The summed E-state index contributed by atoms with van der Waals surface area (Å²) in [4.78, 5) is 16.1. The van der Waals surface area contributed by atoms with Gasteiger partial charge in [-0.2, -0.15) is 0 Å². The number of carbonyl (C=O) groups excluding carboxylic acids is 1. The maximum Gasteiger partial charge on any atom is 0.289 e. The number of hydrogen-bond acceptors (Lipinski definition) is 7. The van der Waals surface area contributed by atoms with Gasteiger partial charge in [0.1, 0.15) is 0 Å². The number of rotatable bonds is 4. The van der Waals surface area contributed by atoms with Crippen LogP contribution in [0.1, 0.15) is 10.6 Å². The average molecular weight is 439 g/mol. The molecule has 0 spiro atoms. The molecule has 0 radical (unpaired) electrons. The van der Waals surface area contributed by atoms with Crippen LogP contribution in [0.15, 0.2) is 58.0 Å². The number of nitrogens with zero attached hydrogens (tertiary/aromatic N) is 2. The van der Waals surface area contributed by atoms with Crippen molar-refractivity contribution >= 4 is 25.6 Å². The van der Waals surface area contributed by atoms with Crippen molar-refractivity contribution in [2.24, 2.45) is 0 Å². The van der Waals surface area contributed by atoms with Crippen molar-refractivity contribution in [2.45, 2.75) is 16.2 Å². The first-order valence-electron chi connectivity index (χ1n) is 9.34. The third-order valence-electron chi connectivity index (χ3n) is 5.54. The summed E-state index contributed by atoms with van der Waals surface area (Å²) >= 11 is 0. The molecule has 0 saturated carbocycles. The zero-order valence-corrected chi connectivity index (χ0v) is 17.3. The van der Waals surface area contributed by atoms with Gasteiger partial charge in [0.15, 0.2) is 25.4 Å². The van der Waals surface area contributed by atoms with Crippen molar-refractivity contribution in [1.29, 1.82) is 0 Å². The highest BCUT2D eigenvalue weighted by molar-refractivity contribution is 7.96. The molecule has 2 aromatic rings. The molecule has 8 nitrogen and oxygen atoms in total. The number of sulfone groups is 2. The predicted molar refractivity (Wildman–Crippen MR) is 106 cm³/mol. The van der Waals surface area contributed by atoms with Crippen LogP contribution in [-0.2, 0) is 19.7 Å². The van der Waals surface area contributed by atoms with Gasteiger partial charge in [-0.3, -0.25) is 9.69 Å². The highest BCUT2D eigenvalue weighted by atomic mass is 32.2. The summed E-state index contributed by atoms with van der Waals surface area (Å²) in [6, 6.07) is 10.6. The Morgan fingerprint density at radius 1 is 0.966 bits per heavy atom. The van der Waals surface area contributed by atoms with Gasteiger partial charge in [0.25, 0.3) is 5.91 Å². The highest BCUT2D eigenvalue weighted by Crippen LogP contribution is 2.29. The van der Waals surface area contributed by atoms with E-state index in [-0.39, 0.29) is 28.1 Å². The Kier molecular flexibility index (Phi) is 5.26. The first kappa shape index (κ1) is 20.1. The van der Waals surface area contributed by atoms with Gasteiger partial charge >= 0.3 is 0 Å². The molecular weight excluding hydrogens is 416 g/mol. The molecule has 1 aromatic carbocycles. The summed E-state index contributed by atoms with van der Waals surface area (Å²) < 4.78 is 56.1. The molecule has 156 valence electrons. The summed E-state index contributed by atoms with van der Waals surface area (Å²) in [6.07, 6.45) is 1.44. The number of piperazine rings is 1. The van der Waals surface area contributed by atoms with Gasteiger partial charge < -0.3 is 9.32 Å².